The molecule has 132 valence electrons. The number of methoxy groups -OCH3 is 1. The van der Waals surface area contributed by atoms with Crippen LogP contribution in [0.5, 0.6) is 5.75 Å². The first-order valence-corrected chi connectivity index (χ1v) is 8.61. The second-order valence-electron chi connectivity index (χ2n) is 6.38. The molecule has 1 aromatic carbocycles. The molecule has 1 amide bonds. The molecule has 0 spiro atoms. The molecule has 6 nitrogen and oxygen atoms in total. The van der Waals surface area contributed by atoms with E-state index in [1.807, 2.05) is 43.3 Å². The number of piperidine rings is 1. The number of nitrogens with zero attached hydrogens (tertiary/aromatic N) is 3. The summed E-state index contributed by atoms with van der Waals surface area (Å²) in [5.74, 6) is 1.74. The minimum absolute atomic E-state index is 0.0184. The zero-order valence-corrected chi connectivity index (χ0v) is 14.7. The summed E-state index contributed by atoms with van der Waals surface area (Å²) in [6, 6.07) is 11.7. The van der Waals surface area contributed by atoms with E-state index in [1.165, 1.54) is 0 Å². The lowest BCUT2D eigenvalue weighted by molar-refractivity contribution is -0.125. The number of carbonyl (C=O) groups is 1. The maximum absolute atomic E-state index is 12.5. The Hall–Kier alpha value is -2.63. The van der Waals surface area contributed by atoms with Crippen LogP contribution in [0.25, 0.3) is 0 Å². The van der Waals surface area contributed by atoms with E-state index in [9.17, 15) is 4.79 Å². The van der Waals surface area contributed by atoms with Gasteiger partial charge in [0.05, 0.1) is 18.7 Å². The van der Waals surface area contributed by atoms with Crippen LogP contribution in [0.2, 0.25) is 0 Å². The Labute approximate surface area is 148 Å². The van der Waals surface area contributed by atoms with Gasteiger partial charge in [0.2, 0.25) is 5.91 Å². The van der Waals surface area contributed by atoms with Crippen molar-refractivity contribution < 1.29 is 9.53 Å². The molecule has 1 unspecified atom stereocenters. The van der Waals surface area contributed by atoms with E-state index in [0.29, 0.717) is 13.1 Å². The fourth-order valence-corrected chi connectivity index (χ4v) is 3.04. The number of ether oxygens (including phenoxy) is 1. The van der Waals surface area contributed by atoms with Crippen molar-refractivity contribution in [2.75, 3.05) is 25.1 Å². The number of amides is 1. The van der Waals surface area contributed by atoms with Gasteiger partial charge in [-0.25, -0.2) is 0 Å². The Bertz CT molecular complexity index is 700. The van der Waals surface area contributed by atoms with E-state index in [4.69, 9.17) is 4.74 Å². The Morgan fingerprint density at radius 3 is 2.72 bits per heavy atom. The van der Waals surface area contributed by atoms with Crippen molar-refractivity contribution in [1.82, 2.24) is 15.5 Å². The number of nitrogens with one attached hydrogen (secondary N) is 1. The summed E-state index contributed by atoms with van der Waals surface area (Å²) >= 11 is 0. The van der Waals surface area contributed by atoms with Crippen molar-refractivity contribution in [1.29, 1.82) is 0 Å². The fourth-order valence-electron chi connectivity index (χ4n) is 3.04. The van der Waals surface area contributed by atoms with Crippen molar-refractivity contribution in [3.05, 3.63) is 47.7 Å². The summed E-state index contributed by atoms with van der Waals surface area (Å²) in [5, 5.41) is 11.4. The Morgan fingerprint density at radius 1 is 1.24 bits per heavy atom. The highest BCUT2D eigenvalue weighted by Gasteiger charge is 2.26. The van der Waals surface area contributed by atoms with Gasteiger partial charge in [0.1, 0.15) is 5.75 Å². The van der Waals surface area contributed by atoms with Gasteiger partial charge >= 0.3 is 0 Å². The molecule has 0 saturated carbocycles. The average Bonchev–Trinajstić information content (AvgIpc) is 2.67. The van der Waals surface area contributed by atoms with E-state index in [0.717, 1.165) is 42.2 Å². The molecule has 2 aromatic rings. The van der Waals surface area contributed by atoms with Gasteiger partial charge in [0, 0.05) is 19.6 Å². The van der Waals surface area contributed by atoms with Crippen LogP contribution in [0.4, 0.5) is 5.82 Å². The van der Waals surface area contributed by atoms with Gasteiger partial charge in [-0.3, -0.25) is 4.79 Å². The quantitative estimate of drug-likeness (QED) is 0.905. The van der Waals surface area contributed by atoms with Crippen LogP contribution in [0, 0.1) is 12.8 Å². The molecule has 1 aliphatic rings. The van der Waals surface area contributed by atoms with Crippen LogP contribution >= 0.6 is 0 Å². The third kappa shape index (κ3) is 4.47. The Kier molecular flexibility index (Phi) is 5.48. The van der Waals surface area contributed by atoms with E-state index in [-0.39, 0.29) is 11.8 Å². The topological polar surface area (TPSA) is 67.3 Å². The lowest BCUT2D eigenvalue weighted by atomic mass is 9.97. The predicted octanol–water partition coefficient (Wildman–Crippen LogP) is 2.33. The summed E-state index contributed by atoms with van der Waals surface area (Å²) in [5.41, 5.74) is 1.96. The fraction of sp³-hybridized carbons (Fsp3) is 0.421. The van der Waals surface area contributed by atoms with E-state index < -0.39 is 0 Å². The van der Waals surface area contributed by atoms with E-state index >= 15 is 0 Å². The molecule has 1 aliphatic heterocycles. The molecule has 0 aliphatic carbocycles. The molecule has 3 rings (SSSR count). The number of carbonyl (C=O) groups excluding carboxylic acids is 1. The minimum Gasteiger partial charge on any atom is -0.497 e. The van der Waals surface area contributed by atoms with E-state index in [2.05, 4.69) is 20.4 Å². The van der Waals surface area contributed by atoms with Crippen LogP contribution in [-0.4, -0.2) is 36.3 Å². The molecule has 1 saturated heterocycles. The minimum atomic E-state index is -0.0184. The lowest BCUT2D eigenvalue weighted by Crippen LogP contribution is -2.43. The maximum atomic E-state index is 12.5. The molecule has 0 bridgehead atoms. The van der Waals surface area contributed by atoms with Crippen molar-refractivity contribution >= 4 is 11.7 Å². The third-order valence-electron chi connectivity index (χ3n) is 4.53. The van der Waals surface area contributed by atoms with Gasteiger partial charge in [-0.15, -0.1) is 5.10 Å². The van der Waals surface area contributed by atoms with Gasteiger partial charge < -0.3 is 15.0 Å². The maximum Gasteiger partial charge on any atom is 0.225 e. The SMILES string of the molecule is COc1ccc(CNC(=O)C2CCCN(c3ccc(C)nn3)C2)cc1. The van der Waals surface area contributed by atoms with Gasteiger partial charge in [0.25, 0.3) is 0 Å². The molecule has 2 heterocycles. The standard InChI is InChI=1S/C19H24N4O2/c1-14-5-10-18(22-21-14)23-11-3-4-16(13-23)19(24)20-12-15-6-8-17(25-2)9-7-15/h5-10,16H,3-4,11-13H2,1-2H3,(H,20,24). The van der Waals surface area contributed by atoms with Gasteiger partial charge in [-0.1, -0.05) is 12.1 Å². The van der Waals surface area contributed by atoms with E-state index in [1.54, 1.807) is 7.11 Å². The molecular weight excluding hydrogens is 316 g/mol. The highest BCUT2D eigenvalue weighted by atomic mass is 16.5. The summed E-state index contributed by atoms with van der Waals surface area (Å²) in [6.07, 6.45) is 1.89. The number of rotatable bonds is 5. The number of benzene rings is 1. The van der Waals surface area contributed by atoms with Crippen LogP contribution in [0.15, 0.2) is 36.4 Å². The van der Waals surface area contributed by atoms with Gasteiger partial charge in [-0.05, 0) is 49.6 Å². The van der Waals surface area contributed by atoms with Gasteiger partial charge in [0.15, 0.2) is 5.82 Å². The summed E-state index contributed by atoms with van der Waals surface area (Å²) in [6.45, 7) is 4.05. The number of aryl methyl sites for hydroxylation is 1. The van der Waals surface area contributed by atoms with Crippen LogP contribution in [-0.2, 0) is 11.3 Å². The normalized spacial score (nSPS) is 17.2. The van der Waals surface area contributed by atoms with Crippen molar-refractivity contribution in [2.24, 2.45) is 5.92 Å². The first-order chi connectivity index (χ1) is 12.2. The highest BCUT2D eigenvalue weighted by molar-refractivity contribution is 5.79. The monoisotopic (exact) mass is 340 g/mol. The molecule has 6 heteroatoms. The molecule has 1 fully saturated rings. The second-order valence-corrected chi connectivity index (χ2v) is 6.38. The van der Waals surface area contributed by atoms with Crippen LogP contribution < -0.4 is 15.0 Å². The Balaban J connectivity index is 1.55. The third-order valence-corrected chi connectivity index (χ3v) is 4.53. The zero-order chi connectivity index (χ0) is 17.6. The molecule has 25 heavy (non-hydrogen) atoms. The molecule has 1 N–H and O–H groups in total. The summed E-state index contributed by atoms with van der Waals surface area (Å²) < 4.78 is 5.15. The van der Waals surface area contributed by atoms with Crippen molar-refractivity contribution in [2.45, 2.75) is 26.3 Å². The largest absolute Gasteiger partial charge is 0.497 e. The van der Waals surface area contributed by atoms with Crippen LogP contribution in [0.3, 0.4) is 0 Å². The molecule has 1 aromatic heterocycles. The average molecular weight is 340 g/mol. The predicted molar refractivity (Wildman–Crippen MR) is 96.5 cm³/mol. The first-order valence-electron chi connectivity index (χ1n) is 8.61. The molecule has 0 radical (unpaired) electrons. The Morgan fingerprint density at radius 2 is 2.04 bits per heavy atom. The molecule has 1 atom stereocenters. The second kappa shape index (κ2) is 7.96. The number of hydrogen-bond donors (Lipinski definition) is 1. The van der Waals surface area contributed by atoms with Crippen molar-refractivity contribution in [3.63, 3.8) is 0 Å². The van der Waals surface area contributed by atoms with Gasteiger partial charge in [-0.2, -0.15) is 5.10 Å². The summed E-state index contributed by atoms with van der Waals surface area (Å²) in [7, 11) is 1.64. The lowest BCUT2D eigenvalue weighted by Gasteiger charge is -2.32. The smallest absolute Gasteiger partial charge is 0.225 e. The first kappa shape index (κ1) is 17.2. The number of aromatic nitrogens is 2. The zero-order valence-electron chi connectivity index (χ0n) is 14.7. The number of anilines is 1. The van der Waals surface area contributed by atoms with Crippen molar-refractivity contribution in [3.8, 4) is 5.75 Å². The molecular formula is C19H24N4O2. The highest BCUT2D eigenvalue weighted by Crippen LogP contribution is 2.21. The number of hydrogen-bond acceptors (Lipinski definition) is 5. The van der Waals surface area contributed by atoms with Crippen LogP contribution in [0.1, 0.15) is 24.1 Å². The summed E-state index contributed by atoms with van der Waals surface area (Å²) in [4.78, 5) is 14.7.